The highest BCUT2D eigenvalue weighted by atomic mass is 32.2. The van der Waals surface area contributed by atoms with Gasteiger partial charge in [-0.2, -0.15) is 0 Å². The summed E-state index contributed by atoms with van der Waals surface area (Å²) in [5, 5.41) is 22.1. The first-order valence-electron chi connectivity index (χ1n) is 8.56. The van der Waals surface area contributed by atoms with E-state index in [0.717, 1.165) is 40.0 Å². The first kappa shape index (κ1) is 17.8. The van der Waals surface area contributed by atoms with Crippen LogP contribution in [0.5, 0.6) is 0 Å². The highest BCUT2D eigenvalue weighted by Crippen LogP contribution is 2.27. The number of carbonyl (C=O) groups excluding carboxylic acids is 1. The number of aryl methyl sites for hydroxylation is 2. The van der Waals surface area contributed by atoms with Crippen LogP contribution in [0.1, 0.15) is 18.9 Å². The van der Waals surface area contributed by atoms with E-state index in [0.29, 0.717) is 10.3 Å². The Morgan fingerprint density at radius 2 is 2.04 bits per heavy atom. The second-order valence-electron chi connectivity index (χ2n) is 5.72. The van der Waals surface area contributed by atoms with Gasteiger partial charge >= 0.3 is 0 Å². The van der Waals surface area contributed by atoms with Gasteiger partial charge < -0.3 is 4.57 Å². The van der Waals surface area contributed by atoms with E-state index in [4.69, 9.17) is 0 Å². The number of amides is 1. The Bertz CT molecular complexity index is 1120. The Morgan fingerprint density at radius 3 is 2.81 bits per heavy atom. The Balaban J connectivity index is 1.52. The van der Waals surface area contributed by atoms with Gasteiger partial charge in [-0.1, -0.05) is 48.2 Å². The van der Waals surface area contributed by atoms with Crippen LogP contribution in [0.4, 0.5) is 5.13 Å². The van der Waals surface area contributed by atoms with E-state index in [-0.39, 0.29) is 11.7 Å². The standard InChI is InChI=1S/C17H17N7OS2/c1-3-13-20-23-17(27-13)18-12(25)9-26-16-19-15-14(21-22-16)10-7-5-6-8-11(10)24(15)4-2/h5-8H,3-4,9H2,1-2H3,(H,18,23,25). The number of nitrogens with zero attached hydrogens (tertiary/aromatic N) is 6. The van der Waals surface area contributed by atoms with Gasteiger partial charge in [0.1, 0.15) is 10.5 Å². The van der Waals surface area contributed by atoms with Crippen molar-refractivity contribution in [3.8, 4) is 0 Å². The molecule has 0 atom stereocenters. The SMILES string of the molecule is CCc1nnc(NC(=O)CSc2nnc3c4ccccc4n(CC)c3n2)s1. The summed E-state index contributed by atoms with van der Waals surface area (Å²) in [4.78, 5) is 16.8. The molecule has 0 aliphatic carbocycles. The third-order valence-corrected chi connectivity index (χ3v) is 5.84. The third-order valence-electron chi connectivity index (χ3n) is 4.02. The summed E-state index contributed by atoms with van der Waals surface area (Å²) >= 11 is 2.63. The molecule has 0 radical (unpaired) electrons. The number of para-hydroxylation sites is 1. The van der Waals surface area contributed by atoms with E-state index in [2.05, 4.69) is 48.3 Å². The molecule has 0 saturated heterocycles. The molecule has 1 N–H and O–H groups in total. The van der Waals surface area contributed by atoms with Crippen molar-refractivity contribution in [2.45, 2.75) is 32.0 Å². The molecule has 0 aliphatic rings. The lowest BCUT2D eigenvalue weighted by Gasteiger charge is -2.03. The number of carbonyl (C=O) groups is 1. The number of hydrogen-bond donors (Lipinski definition) is 1. The molecule has 0 bridgehead atoms. The zero-order valence-corrected chi connectivity index (χ0v) is 16.5. The summed E-state index contributed by atoms with van der Waals surface area (Å²) in [6.45, 7) is 4.85. The molecule has 1 aromatic carbocycles. The molecule has 0 unspecified atom stereocenters. The summed E-state index contributed by atoms with van der Waals surface area (Å²) in [5.74, 6) is 0.0131. The van der Waals surface area contributed by atoms with Crippen molar-refractivity contribution in [1.29, 1.82) is 0 Å². The lowest BCUT2D eigenvalue weighted by atomic mass is 10.2. The van der Waals surface area contributed by atoms with Gasteiger partial charge in [-0.15, -0.1) is 20.4 Å². The fourth-order valence-electron chi connectivity index (χ4n) is 2.80. The van der Waals surface area contributed by atoms with Crippen LogP contribution < -0.4 is 5.32 Å². The van der Waals surface area contributed by atoms with Gasteiger partial charge in [-0.25, -0.2) is 4.98 Å². The van der Waals surface area contributed by atoms with Crippen molar-refractivity contribution in [3.63, 3.8) is 0 Å². The van der Waals surface area contributed by atoms with E-state index < -0.39 is 0 Å². The van der Waals surface area contributed by atoms with Crippen molar-refractivity contribution >= 4 is 56.2 Å². The molecule has 10 heteroatoms. The van der Waals surface area contributed by atoms with Crippen molar-refractivity contribution in [2.24, 2.45) is 0 Å². The van der Waals surface area contributed by atoms with Crippen LogP contribution in [0.15, 0.2) is 29.4 Å². The van der Waals surface area contributed by atoms with Crippen LogP contribution in [0.3, 0.4) is 0 Å². The average molecular weight is 400 g/mol. The number of fused-ring (bicyclic) bond motifs is 3. The molecule has 1 amide bonds. The summed E-state index contributed by atoms with van der Waals surface area (Å²) in [6, 6.07) is 8.05. The van der Waals surface area contributed by atoms with Crippen LogP contribution in [-0.4, -0.2) is 41.6 Å². The third kappa shape index (κ3) is 3.50. The first-order chi connectivity index (χ1) is 13.2. The Morgan fingerprint density at radius 1 is 1.19 bits per heavy atom. The maximum Gasteiger partial charge on any atom is 0.236 e. The molecule has 0 spiro atoms. The van der Waals surface area contributed by atoms with Crippen molar-refractivity contribution < 1.29 is 4.79 Å². The van der Waals surface area contributed by atoms with Crippen LogP contribution in [-0.2, 0) is 17.8 Å². The Kier molecular flexibility index (Phi) is 4.99. The lowest BCUT2D eigenvalue weighted by molar-refractivity contribution is -0.113. The van der Waals surface area contributed by atoms with Crippen LogP contribution in [0, 0.1) is 0 Å². The van der Waals surface area contributed by atoms with E-state index in [9.17, 15) is 4.79 Å². The second kappa shape index (κ2) is 7.57. The number of rotatable bonds is 6. The smallest absolute Gasteiger partial charge is 0.236 e. The quantitative estimate of drug-likeness (QED) is 0.497. The Labute approximate surface area is 163 Å². The van der Waals surface area contributed by atoms with E-state index in [1.54, 1.807) is 0 Å². The van der Waals surface area contributed by atoms with Gasteiger partial charge in [0.25, 0.3) is 0 Å². The number of aromatic nitrogens is 6. The average Bonchev–Trinajstić information content (AvgIpc) is 3.27. The molecular formula is C17H17N7OS2. The molecule has 4 aromatic rings. The van der Waals surface area contributed by atoms with Gasteiger partial charge in [0.15, 0.2) is 5.65 Å². The number of thioether (sulfide) groups is 1. The molecule has 3 aromatic heterocycles. The van der Waals surface area contributed by atoms with Crippen LogP contribution >= 0.6 is 23.1 Å². The summed E-state index contributed by atoms with van der Waals surface area (Å²) < 4.78 is 2.11. The molecule has 0 aliphatic heterocycles. The minimum absolute atomic E-state index is 0.168. The van der Waals surface area contributed by atoms with Gasteiger partial charge in [0.05, 0.1) is 11.3 Å². The van der Waals surface area contributed by atoms with Crippen LogP contribution in [0.25, 0.3) is 22.1 Å². The highest BCUT2D eigenvalue weighted by Gasteiger charge is 2.15. The summed E-state index contributed by atoms with van der Waals surface area (Å²) in [7, 11) is 0. The number of benzene rings is 1. The van der Waals surface area contributed by atoms with Crippen LogP contribution in [0.2, 0.25) is 0 Å². The predicted octanol–water partition coefficient (Wildman–Crippen LogP) is 3.14. The lowest BCUT2D eigenvalue weighted by Crippen LogP contribution is -2.14. The molecule has 0 saturated carbocycles. The van der Waals surface area contributed by atoms with E-state index in [1.807, 2.05) is 25.1 Å². The van der Waals surface area contributed by atoms with Gasteiger partial charge in [0, 0.05) is 11.9 Å². The maximum absolute atomic E-state index is 12.1. The molecule has 4 rings (SSSR count). The van der Waals surface area contributed by atoms with Gasteiger partial charge in [-0.3, -0.25) is 10.1 Å². The number of anilines is 1. The minimum atomic E-state index is -0.168. The molecule has 3 heterocycles. The molecule has 27 heavy (non-hydrogen) atoms. The molecular weight excluding hydrogens is 382 g/mol. The largest absolute Gasteiger partial charge is 0.324 e. The summed E-state index contributed by atoms with van der Waals surface area (Å²) in [6.07, 6.45) is 0.799. The van der Waals surface area contributed by atoms with E-state index in [1.165, 1.54) is 23.1 Å². The normalized spacial score (nSPS) is 11.3. The minimum Gasteiger partial charge on any atom is -0.324 e. The fourth-order valence-corrected chi connectivity index (χ4v) is 4.08. The van der Waals surface area contributed by atoms with E-state index >= 15 is 0 Å². The summed E-state index contributed by atoms with van der Waals surface area (Å²) in [5.41, 5.74) is 2.65. The van der Waals surface area contributed by atoms with Crippen molar-refractivity contribution in [1.82, 2.24) is 29.9 Å². The monoisotopic (exact) mass is 399 g/mol. The number of hydrogen-bond acceptors (Lipinski definition) is 8. The van der Waals surface area contributed by atoms with Gasteiger partial charge in [0.2, 0.25) is 16.2 Å². The van der Waals surface area contributed by atoms with Gasteiger partial charge in [-0.05, 0) is 19.4 Å². The van der Waals surface area contributed by atoms with Crippen molar-refractivity contribution in [2.75, 3.05) is 11.1 Å². The predicted molar refractivity (Wildman–Crippen MR) is 107 cm³/mol. The number of nitrogens with one attached hydrogen (secondary N) is 1. The second-order valence-corrected chi connectivity index (χ2v) is 7.72. The fraction of sp³-hybridized carbons (Fsp3) is 0.294. The molecule has 138 valence electrons. The van der Waals surface area contributed by atoms with Crippen molar-refractivity contribution in [3.05, 3.63) is 29.3 Å². The first-order valence-corrected chi connectivity index (χ1v) is 10.4. The molecule has 8 nitrogen and oxygen atoms in total. The zero-order chi connectivity index (χ0) is 18.8. The topological polar surface area (TPSA) is 98.5 Å². The highest BCUT2D eigenvalue weighted by molar-refractivity contribution is 7.99. The zero-order valence-electron chi connectivity index (χ0n) is 14.8. The Hall–Kier alpha value is -2.59. The maximum atomic E-state index is 12.1. The molecule has 0 fully saturated rings.